The van der Waals surface area contributed by atoms with E-state index in [-0.39, 0.29) is 6.04 Å². The first-order valence-electron chi connectivity index (χ1n) is 14.7. The van der Waals surface area contributed by atoms with Gasteiger partial charge in [-0.3, -0.25) is 4.99 Å². The smallest absolute Gasteiger partial charge is 0.133 e. The Morgan fingerprint density at radius 3 is 1.60 bits per heavy atom. The summed E-state index contributed by atoms with van der Waals surface area (Å²) < 4.78 is 2.35. The van der Waals surface area contributed by atoms with Crippen LogP contribution < -0.4 is 5.32 Å². The fourth-order valence-electron chi connectivity index (χ4n) is 6.11. The first kappa shape index (κ1) is 25.1. The number of aromatic nitrogens is 1. The van der Waals surface area contributed by atoms with Crippen LogP contribution in [-0.2, 0) is 0 Å². The average Bonchev–Trinajstić information content (AvgIpc) is 3.43. The minimum Gasteiger partial charge on any atom is -0.340 e. The number of hydrogen-bond donors (Lipinski definition) is 1. The molecule has 0 radical (unpaired) electrons. The van der Waals surface area contributed by atoms with Gasteiger partial charge in [0.15, 0.2) is 0 Å². The summed E-state index contributed by atoms with van der Waals surface area (Å²) in [5.41, 5.74) is 10.4. The molecular weight excluding hydrogens is 522 g/mol. The number of nitrogens with one attached hydrogen (secondary N) is 1. The zero-order valence-corrected chi connectivity index (χ0v) is 23.6. The third-order valence-electron chi connectivity index (χ3n) is 8.27. The van der Waals surface area contributed by atoms with Crippen LogP contribution in [0, 0.1) is 0 Å². The molecule has 0 saturated carbocycles. The Morgan fingerprint density at radius 1 is 0.465 bits per heavy atom. The number of aliphatic imine (C=N–C) groups is 1. The first-order chi connectivity index (χ1) is 21.3. The number of benzene rings is 6. The summed E-state index contributed by atoms with van der Waals surface area (Å²) in [7, 11) is 0. The topological polar surface area (TPSA) is 29.3 Å². The van der Waals surface area contributed by atoms with Gasteiger partial charge in [0.1, 0.15) is 5.84 Å². The van der Waals surface area contributed by atoms with Crippen LogP contribution in [0.25, 0.3) is 44.3 Å². The van der Waals surface area contributed by atoms with E-state index in [9.17, 15) is 0 Å². The molecule has 1 aliphatic heterocycles. The van der Waals surface area contributed by atoms with Crippen LogP contribution in [0.4, 0.5) is 0 Å². The quantitative estimate of drug-likeness (QED) is 0.227. The van der Waals surface area contributed by atoms with Crippen molar-refractivity contribution in [1.82, 2.24) is 9.88 Å². The Balaban J connectivity index is 1.11. The Hall–Kier alpha value is -5.67. The molecule has 3 heteroatoms. The standard InChI is InChI=1S/C40H29N3/c1-3-11-30(12-4-1)36-27-37(31-13-5-2-6-14-31)42-40(41-36)32-21-19-28(20-22-32)29-23-25-33(26-24-29)43-38-17-9-7-15-34(38)35-16-8-10-18-39(35)43/h1-27,36H,(H,41,42). The third kappa shape index (κ3) is 4.61. The summed E-state index contributed by atoms with van der Waals surface area (Å²) in [6.07, 6.45) is 2.21. The highest BCUT2D eigenvalue weighted by Crippen LogP contribution is 2.33. The molecule has 0 aliphatic carbocycles. The van der Waals surface area contributed by atoms with Crippen molar-refractivity contribution in [3.8, 4) is 16.8 Å². The molecule has 1 unspecified atom stereocenters. The molecular formula is C40H29N3. The van der Waals surface area contributed by atoms with Crippen molar-refractivity contribution < 1.29 is 0 Å². The fraction of sp³-hybridized carbons (Fsp3) is 0.0250. The van der Waals surface area contributed by atoms with Crippen molar-refractivity contribution >= 4 is 33.3 Å². The number of rotatable bonds is 5. The van der Waals surface area contributed by atoms with E-state index in [1.54, 1.807) is 0 Å². The Kier molecular flexibility index (Phi) is 6.20. The summed E-state index contributed by atoms with van der Waals surface area (Å²) in [6, 6.07) is 55.7. The summed E-state index contributed by atoms with van der Waals surface area (Å²) in [6.45, 7) is 0. The van der Waals surface area contributed by atoms with E-state index in [2.05, 4.69) is 162 Å². The second kappa shape index (κ2) is 10.6. The van der Waals surface area contributed by atoms with Gasteiger partial charge in [-0.2, -0.15) is 0 Å². The highest BCUT2D eigenvalue weighted by molar-refractivity contribution is 6.09. The summed E-state index contributed by atoms with van der Waals surface area (Å²) in [5, 5.41) is 6.16. The predicted molar refractivity (Wildman–Crippen MR) is 179 cm³/mol. The van der Waals surface area contributed by atoms with E-state index in [1.807, 2.05) is 12.1 Å². The lowest BCUT2D eigenvalue weighted by Gasteiger charge is -2.23. The van der Waals surface area contributed by atoms with Crippen molar-refractivity contribution in [2.75, 3.05) is 0 Å². The molecule has 1 aliphatic rings. The summed E-state index contributed by atoms with van der Waals surface area (Å²) >= 11 is 0. The van der Waals surface area contributed by atoms with Crippen LogP contribution in [0.2, 0.25) is 0 Å². The molecule has 1 N–H and O–H groups in total. The monoisotopic (exact) mass is 551 g/mol. The zero-order valence-electron chi connectivity index (χ0n) is 23.6. The van der Waals surface area contributed by atoms with Crippen molar-refractivity contribution in [1.29, 1.82) is 0 Å². The zero-order chi connectivity index (χ0) is 28.6. The highest BCUT2D eigenvalue weighted by Gasteiger charge is 2.19. The van der Waals surface area contributed by atoms with Crippen LogP contribution in [0.15, 0.2) is 169 Å². The fourth-order valence-corrected chi connectivity index (χ4v) is 6.11. The van der Waals surface area contributed by atoms with Gasteiger partial charge in [-0.15, -0.1) is 0 Å². The van der Waals surface area contributed by atoms with E-state index in [0.717, 1.165) is 28.3 Å². The second-order valence-corrected chi connectivity index (χ2v) is 10.9. The molecule has 1 atom stereocenters. The van der Waals surface area contributed by atoms with Crippen molar-refractivity contribution in [3.05, 3.63) is 180 Å². The van der Waals surface area contributed by atoms with E-state index in [4.69, 9.17) is 4.99 Å². The number of nitrogens with zero attached hydrogens (tertiary/aromatic N) is 2. The number of para-hydroxylation sites is 2. The lowest BCUT2D eigenvalue weighted by molar-refractivity contribution is 0.880. The van der Waals surface area contributed by atoms with E-state index in [1.165, 1.54) is 38.5 Å². The Morgan fingerprint density at radius 2 is 0.977 bits per heavy atom. The van der Waals surface area contributed by atoms with E-state index >= 15 is 0 Å². The van der Waals surface area contributed by atoms with Crippen molar-refractivity contribution in [2.24, 2.45) is 4.99 Å². The minimum atomic E-state index is -0.0549. The van der Waals surface area contributed by atoms with Gasteiger partial charge in [0.25, 0.3) is 0 Å². The third-order valence-corrected chi connectivity index (χ3v) is 8.27. The van der Waals surface area contributed by atoms with E-state index < -0.39 is 0 Å². The molecule has 7 aromatic rings. The van der Waals surface area contributed by atoms with Crippen LogP contribution in [-0.4, -0.2) is 10.4 Å². The van der Waals surface area contributed by atoms with Gasteiger partial charge in [-0.1, -0.05) is 133 Å². The minimum absolute atomic E-state index is 0.0549. The summed E-state index contributed by atoms with van der Waals surface area (Å²) in [4.78, 5) is 5.12. The average molecular weight is 552 g/mol. The molecule has 8 rings (SSSR count). The number of fused-ring (bicyclic) bond motifs is 3. The molecule has 43 heavy (non-hydrogen) atoms. The normalized spacial score (nSPS) is 14.7. The molecule has 1 aromatic heterocycles. The maximum absolute atomic E-state index is 5.12. The maximum Gasteiger partial charge on any atom is 0.133 e. The Labute approximate surface area is 251 Å². The van der Waals surface area contributed by atoms with Crippen molar-refractivity contribution in [3.63, 3.8) is 0 Å². The second-order valence-electron chi connectivity index (χ2n) is 10.9. The molecule has 2 heterocycles. The summed E-state index contributed by atoms with van der Waals surface area (Å²) in [5.74, 6) is 0.878. The van der Waals surface area contributed by atoms with Gasteiger partial charge in [0.05, 0.1) is 17.1 Å². The number of amidine groups is 1. The van der Waals surface area contributed by atoms with Gasteiger partial charge >= 0.3 is 0 Å². The van der Waals surface area contributed by atoms with E-state index in [0.29, 0.717) is 0 Å². The highest BCUT2D eigenvalue weighted by atomic mass is 15.0. The molecule has 0 fully saturated rings. The molecule has 0 bridgehead atoms. The van der Waals surface area contributed by atoms with Gasteiger partial charge in [0.2, 0.25) is 0 Å². The molecule has 3 nitrogen and oxygen atoms in total. The molecule has 204 valence electrons. The maximum atomic E-state index is 5.12. The van der Waals surface area contributed by atoms with Crippen LogP contribution in [0.1, 0.15) is 22.7 Å². The van der Waals surface area contributed by atoms with Crippen molar-refractivity contribution in [2.45, 2.75) is 6.04 Å². The Bertz CT molecular complexity index is 2070. The lowest BCUT2D eigenvalue weighted by Crippen LogP contribution is -2.27. The SMILES string of the molecule is C1=C(c2ccccc2)NC(c2ccc(-c3ccc(-n4c5ccccc5c5ccccc54)cc3)cc2)=NC1c1ccccc1. The van der Waals surface area contributed by atoms with Gasteiger partial charge in [0, 0.05) is 27.7 Å². The van der Waals surface area contributed by atoms with Gasteiger partial charge in [-0.25, -0.2) is 0 Å². The first-order valence-corrected chi connectivity index (χ1v) is 14.7. The largest absolute Gasteiger partial charge is 0.340 e. The lowest BCUT2D eigenvalue weighted by atomic mass is 9.99. The molecule has 0 spiro atoms. The molecule has 6 aromatic carbocycles. The van der Waals surface area contributed by atoms with Crippen LogP contribution >= 0.6 is 0 Å². The van der Waals surface area contributed by atoms with Crippen LogP contribution in [0.3, 0.4) is 0 Å². The predicted octanol–water partition coefficient (Wildman–Crippen LogP) is 9.58. The molecule has 0 amide bonds. The van der Waals surface area contributed by atoms with Crippen LogP contribution in [0.5, 0.6) is 0 Å². The van der Waals surface area contributed by atoms with Gasteiger partial charge in [-0.05, 0) is 52.6 Å². The number of hydrogen-bond acceptors (Lipinski definition) is 2. The molecule has 0 saturated heterocycles. The van der Waals surface area contributed by atoms with Gasteiger partial charge < -0.3 is 9.88 Å².